The Morgan fingerprint density at radius 1 is 1.09 bits per heavy atom. The number of benzene rings is 2. The minimum absolute atomic E-state index is 0.166. The summed E-state index contributed by atoms with van der Waals surface area (Å²) in [5, 5.41) is 0. The molecule has 5 nitrogen and oxygen atoms in total. The van der Waals surface area contributed by atoms with Gasteiger partial charge >= 0.3 is 0 Å². The standard InChI is InChI=1S/C15H15N3O2S2/c1-10-6-3-4-7-12(10)11(2)18-22(19,20)14-9-5-8-13-15(14)17-21-16-13/h3-9,11,18H,1-2H3/t11-/m0/s1. The summed E-state index contributed by atoms with van der Waals surface area (Å²) in [6.07, 6.45) is 0. The molecule has 0 aliphatic carbocycles. The van der Waals surface area contributed by atoms with E-state index < -0.39 is 10.0 Å². The van der Waals surface area contributed by atoms with Gasteiger partial charge in [0.15, 0.2) is 0 Å². The summed E-state index contributed by atoms with van der Waals surface area (Å²) in [5.74, 6) is 0. The normalized spacial score (nSPS) is 13.4. The number of fused-ring (bicyclic) bond motifs is 1. The molecule has 22 heavy (non-hydrogen) atoms. The highest BCUT2D eigenvalue weighted by Gasteiger charge is 2.22. The van der Waals surface area contributed by atoms with E-state index in [1.165, 1.54) is 0 Å². The number of nitrogens with one attached hydrogen (secondary N) is 1. The first-order valence-corrected chi connectivity index (χ1v) is 8.99. The maximum atomic E-state index is 12.7. The van der Waals surface area contributed by atoms with Gasteiger partial charge < -0.3 is 0 Å². The van der Waals surface area contributed by atoms with Crippen LogP contribution in [-0.4, -0.2) is 17.2 Å². The molecule has 0 spiro atoms. The molecule has 0 unspecified atom stereocenters. The van der Waals surface area contributed by atoms with Gasteiger partial charge in [-0.1, -0.05) is 30.3 Å². The molecule has 7 heteroatoms. The number of hydrogen-bond donors (Lipinski definition) is 1. The number of hydrogen-bond acceptors (Lipinski definition) is 5. The van der Waals surface area contributed by atoms with Crippen LogP contribution < -0.4 is 4.72 Å². The van der Waals surface area contributed by atoms with E-state index in [9.17, 15) is 8.42 Å². The van der Waals surface area contributed by atoms with E-state index in [1.807, 2.05) is 38.1 Å². The smallest absolute Gasteiger partial charge is 0.207 e. The molecule has 0 radical (unpaired) electrons. The van der Waals surface area contributed by atoms with E-state index in [2.05, 4.69) is 13.5 Å². The Labute approximate surface area is 133 Å². The zero-order valence-electron chi connectivity index (χ0n) is 12.1. The molecule has 0 bridgehead atoms. The molecule has 3 aromatic rings. The summed E-state index contributed by atoms with van der Waals surface area (Å²) in [4.78, 5) is 0.166. The zero-order valence-corrected chi connectivity index (χ0v) is 13.8. The Hall–Kier alpha value is -1.83. The summed E-state index contributed by atoms with van der Waals surface area (Å²) in [7, 11) is -3.67. The van der Waals surface area contributed by atoms with Crippen molar-refractivity contribution in [2.45, 2.75) is 24.8 Å². The molecular formula is C15H15N3O2S2. The van der Waals surface area contributed by atoms with Crippen molar-refractivity contribution in [2.24, 2.45) is 0 Å². The second kappa shape index (κ2) is 5.75. The summed E-state index contributed by atoms with van der Waals surface area (Å²) in [6, 6.07) is 12.4. The minimum Gasteiger partial charge on any atom is -0.207 e. The van der Waals surface area contributed by atoms with Gasteiger partial charge in [0.1, 0.15) is 15.9 Å². The van der Waals surface area contributed by atoms with Crippen molar-refractivity contribution in [2.75, 3.05) is 0 Å². The first-order chi connectivity index (χ1) is 10.5. The molecular weight excluding hydrogens is 318 g/mol. The first-order valence-electron chi connectivity index (χ1n) is 6.78. The summed E-state index contributed by atoms with van der Waals surface area (Å²) in [6.45, 7) is 3.80. The Morgan fingerprint density at radius 3 is 2.64 bits per heavy atom. The summed E-state index contributed by atoms with van der Waals surface area (Å²) < 4.78 is 36.2. The monoisotopic (exact) mass is 333 g/mol. The largest absolute Gasteiger partial charge is 0.243 e. The van der Waals surface area contributed by atoms with Crippen LogP contribution in [0, 0.1) is 6.92 Å². The van der Waals surface area contributed by atoms with E-state index in [-0.39, 0.29) is 10.9 Å². The van der Waals surface area contributed by atoms with Crippen LogP contribution in [0.3, 0.4) is 0 Å². The lowest BCUT2D eigenvalue weighted by Gasteiger charge is -2.16. The molecule has 1 aromatic heterocycles. The van der Waals surface area contributed by atoms with Crippen molar-refractivity contribution < 1.29 is 8.42 Å². The van der Waals surface area contributed by atoms with Crippen molar-refractivity contribution in [1.29, 1.82) is 0 Å². The molecule has 0 aliphatic heterocycles. The second-order valence-electron chi connectivity index (χ2n) is 5.09. The van der Waals surface area contributed by atoms with Gasteiger partial charge in [0.2, 0.25) is 10.0 Å². The Kier molecular flexibility index (Phi) is 3.94. The molecule has 2 aromatic carbocycles. The summed E-state index contributed by atoms with van der Waals surface area (Å²) in [5.41, 5.74) is 3.01. The molecule has 0 fully saturated rings. The van der Waals surface area contributed by atoms with Crippen LogP contribution in [-0.2, 0) is 10.0 Å². The highest BCUT2D eigenvalue weighted by atomic mass is 32.2. The topological polar surface area (TPSA) is 72.0 Å². The lowest BCUT2D eigenvalue weighted by molar-refractivity contribution is 0.567. The average Bonchev–Trinajstić information content (AvgIpc) is 2.95. The predicted molar refractivity (Wildman–Crippen MR) is 87.3 cm³/mol. The fraction of sp³-hybridized carbons (Fsp3) is 0.200. The van der Waals surface area contributed by atoms with Crippen molar-refractivity contribution >= 4 is 32.8 Å². The van der Waals surface area contributed by atoms with Gasteiger partial charge in [-0.3, -0.25) is 0 Å². The van der Waals surface area contributed by atoms with E-state index in [0.717, 1.165) is 22.9 Å². The third kappa shape index (κ3) is 2.75. The average molecular weight is 333 g/mol. The lowest BCUT2D eigenvalue weighted by atomic mass is 10.0. The molecule has 3 rings (SSSR count). The van der Waals surface area contributed by atoms with Crippen LogP contribution >= 0.6 is 11.7 Å². The first kappa shape index (κ1) is 15.1. The Bertz CT molecular complexity index is 919. The van der Waals surface area contributed by atoms with Gasteiger partial charge in [0, 0.05) is 6.04 Å². The van der Waals surface area contributed by atoms with Crippen molar-refractivity contribution in [3.05, 3.63) is 53.6 Å². The molecule has 0 aliphatic rings. The minimum atomic E-state index is -3.67. The molecule has 0 amide bonds. The fourth-order valence-electron chi connectivity index (χ4n) is 2.43. The number of aromatic nitrogens is 2. The van der Waals surface area contributed by atoms with E-state index in [4.69, 9.17) is 0 Å². The fourth-order valence-corrected chi connectivity index (χ4v) is 4.42. The summed E-state index contributed by atoms with van der Waals surface area (Å²) >= 11 is 1.01. The van der Waals surface area contributed by atoms with Gasteiger partial charge in [-0.25, -0.2) is 13.1 Å². The lowest BCUT2D eigenvalue weighted by Crippen LogP contribution is -2.27. The van der Waals surface area contributed by atoms with Crippen LogP contribution in [0.1, 0.15) is 24.1 Å². The van der Waals surface area contributed by atoms with Gasteiger partial charge in [-0.15, -0.1) is 0 Å². The number of nitrogens with zero attached hydrogens (tertiary/aromatic N) is 2. The van der Waals surface area contributed by atoms with E-state index in [1.54, 1.807) is 18.2 Å². The van der Waals surface area contributed by atoms with Crippen LogP contribution in [0.15, 0.2) is 47.4 Å². The second-order valence-corrected chi connectivity index (χ2v) is 7.30. The highest BCUT2D eigenvalue weighted by molar-refractivity contribution is 7.89. The van der Waals surface area contributed by atoms with Crippen LogP contribution in [0.2, 0.25) is 0 Å². The predicted octanol–water partition coefficient (Wildman–Crippen LogP) is 3.04. The van der Waals surface area contributed by atoms with Gasteiger partial charge in [0.25, 0.3) is 0 Å². The van der Waals surface area contributed by atoms with Crippen LogP contribution in [0.5, 0.6) is 0 Å². The number of aryl methyl sites for hydroxylation is 1. The third-order valence-corrected chi connectivity index (χ3v) is 5.64. The SMILES string of the molecule is Cc1ccccc1[C@H](C)NS(=O)(=O)c1cccc2nsnc12. The molecule has 1 atom stereocenters. The highest BCUT2D eigenvalue weighted by Crippen LogP contribution is 2.24. The third-order valence-electron chi connectivity index (χ3n) is 3.53. The van der Waals surface area contributed by atoms with Crippen molar-refractivity contribution in [3.63, 3.8) is 0 Å². The van der Waals surface area contributed by atoms with E-state index in [0.29, 0.717) is 11.0 Å². The number of sulfonamides is 1. The molecule has 0 saturated carbocycles. The van der Waals surface area contributed by atoms with Crippen molar-refractivity contribution in [1.82, 2.24) is 13.5 Å². The maximum Gasteiger partial charge on any atom is 0.243 e. The van der Waals surface area contributed by atoms with Crippen LogP contribution in [0.4, 0.5) is 0 Å². The molecule has 1 N–H and O–H groups in total. The Balaban J connectivity index is 1.97. The Morgan fingerprint density at radius 2 is 1.86 bits per heavy atom. The van der Waals surface area contributed by atoms with Crippen molar-refractivity contribution in [3.8, 4) is 0 Å². The molecule has 0 saturated heterocycles. The number of rotatable bonds is 4. The molecule has 114 valence electrons. The zero-order chi connectivity index (χ0) is 15.7. The van der Waals surface area contributed by atoms with Gasteiger partial charge in [0.05, 0.1) is 11.7 Å². The van der Waals surface area contributed by atoms with Gasteiger partial charge in [-0.05, 0) is 37.1 Å². The van der Waals surface area contributed by atoms with Crippen LogP contribution in [0.25, 0.3) is 11.0 Å². The quantitative estimate of drug-likeness (QED) is 0.796. The molecule has 1 heterocycles. The van der Waals surface area contributed by atoms with E-state index >= 15 is 0 Å². The van der Waals surface area contributed by atoms with Gasteiger partial charge in [-0.2, -0.15) is 8.75 Å². The maximum absolute atomic E-state index is 12.7.